The molecular formula is C13H10Cl2F3N3. The molecule has 8 heteroatoms. The number of anilines is 1. The molecule has 1 N–H and O–H groups in total. The van der Waals surface area contributed by atoms with Crippen LogP contribution in [0.1, 0.15) is 24.4 Å². The Morgan fingerprint density at radius 2 is 1.81 bits per heavy atom. The molecule has 2 aromatic rings. The Morgan fingerprint density at radius 3 is 2.43 bits per heavy atom. The minimum Gasteiger partial charge on any atom is -0.363 e. The standard InChI is InChI=1S/C13H10Cl2F3N3/c1-7(8-4-2-3-5-9(8)14)19-11-6-10(15)20-12(21-11)13(16,17)18/h2-7H,1H3,(H,19,20,21). The Kier molecular flexibility index (Phi) is 4.58. The van der Waals surface area contributed by atoms with Crippen molar-refractivity contribution in [2.24, 2.45) is 0 Å². The van der Waals surface area contributed by atoms with Crippen LogP contribution in [0.25, 0.3) is 0 Å². The van der Waals surface area contributed by atoms with E-state index in [0.717, 1.165) is 5.56 Å². The molecule has 1 aromatic heterocycles. The number of hydrogen-bond acceptors (Lipinski definition) is 3. The third-order valence-electron chi connectivity index (χ3n) is 2.68. The lowest BCUT2D eigenvalue weighted by molar-refractivity contribution is -0.144. The summed E-state index contributed by atoms with van der Waals surface area (Å²) in [5.74, 6) is -1.31. The average molecular weight is 336 g/mol. The molecule has 0 aliphatic heterocycles. The molecule has 0 fully saturated rings. The van der Waals surface area contributed by atoms with Gasteiger partial charge in [-0.2, -0.15) is 13.2 Å². The monoisotopic (exact) mass is 335 g/mol. The fourth-order valence-corrected chi connectivity index (χ4v) is 2.23. The van der Waals surface area contributed by atoms with Crippen molar-refractivity contribution >= 4 is 29.0 Å². The zero-order valence-electron chi connectivity index (χ0n) is 10.7. The van der Waals surface area contributed by atoms with Crippen molar-refractivity contribution in [2.45, 2.75) is 19.1 Å². The van der Waals surface area contributed by atoms with E-state index in [1.807, 2.05) is 0 Å². The van der Waals surface area contributed by atoms with E-state index in [2.05, 4.69) is 15.3 Å². The lowest BCUT2D eigenvalue weighted by Gasteiger charge is -2.17. The largest absolute Gasteiger partial charge is 0.451 e. The van der Waals surface area contributed by atoms with E-state index in [-0.39, 0.29) is 17.0 Å². The molecule has 0 bridgehead atoms. The van der Waals surface area contributed by atoms with Gasteiger partial charge in [-0.3, -0.25) is 0 Å². The second kappa shape index (κ2) is 6.07. The average Bonchev–Trinajstić information content (AvgIpc) is 2.37. The number of alkyl halides is 3. The van der Waals surface area contributed by atoms with Gasteiger partial charge in [0.1, 0.15) is 11.0 Å². The summed E-state index contributed by atoms with van der Waals surface area (Å²) in [6.45, 7) is 1.75. The van der Waals surface area contributed by atoms with Gasteiger partial charge in [0.05, 0.1) is 6.04 Å². The number of benzene rings is 1. The van der Waals surface area contributed by atoms with Crippen molar-refractivity contribution in [1.29, 1.82) is 0 Å². The highest BCUT2D eigenvalue weighted by molar-refractivity contribution is 6.31. The number of rotatable bonds is 3. The number of nitrogens with zero attached hydrogens (tertiary/aromatic N) is 2. The predicted octanol–water partition coefficient (Wildman–Crippen LogP) is 4.98. The molecule has 0 saturated carbocycles. The Morgan fingerprint density at radius 1 is 1.14 bits per heavy atom. The quantitative estimate of drug-likeness (QED) is 0.804. The van der Waals surface area contributed by atoms with Gasteiger partial charge >= 0.3 is 6.18 Å². The van der Waals surface area contributed by atoms with Crippen LogP contribution in [0.5, 0.6) is 0 Å². The van der Waals surface area contributed by atoms with E-state index in [0.29, 0.717) is 5.02 Å². The van der Waals surface area contributed by atoms with E-state index in [4.69, 9.17) is 23.2 Å². The predicted molar refractivity (Wildman–Crippen MR) is 75.5 cm³/mol. The summed E-state index contributed by atoms with van der Waals surface area (Å²) in [6, 6.07) is 7.90. The van der Waals surface area contributed by atoms with Crippen molar-refractivity contribution in [3.05, 3.63) is 51.9 Å². The summed E-state index contributed by atoms with van der Waals surface area (Å²) >= 11 is 11.6. The van der Waals surface area contributed by atoms with Gasteiger partial charge in [0, 0.05) is 11.1 Å². The second-order valence-corrected chi connectivity index (χ2v) is 5.08. The SMILES string of the molecule is CC(Nc1cc(Cl)nc(C(F)(F)F)n1)c1ccccc1Cl. The van der Waals surface area contributed by atoms with Crippen LogP contribution in [0.4, 0.5) is 19.0 Å². The van der Waals surface area contributed by atoms with Crippen LogP contribution in [-0.4, -0.2) is 9.97 Å². The molecule has 0 radical (unpaired) electrons. The Labute approximate surface area is 129 Å². The molecule has 1 heterocycles. The zero-order valence-corrected chi connectivity index (χ0v) is 12.3. The van der Waals surface area contributed by atoms with Gasteiger partial charge in [0.15, 0.2) is 0 Å². The number of halogens is 5. The van der Waals surface area contributed by atoms with Gasteiger partial charge in [-0.05, 0) is 18.6 Å². The first kappa shape index (κ1) is 15.9. The van der Waals surface area contributed by atoms with Crippen molar-refractivity contribution < 1.29 is 13.2 Å². The van der Waals surface area contributed by atoms with Crippen molar-refractivity contribution in [2.75, 3.05) is 5.32 Å². The van der Waals surface area contributed by atoms with Gasteiger partial charge in [-0.25, -0.2) is 9.97 Å². The van der Waals surface area contributed by atoms with Crippen molar-refractivity contribution in [3.63, 3.8) is 0 Å². The molecular weight excluding hydrogens is 326 g/mol. The van der Waals surface area contributed by atoms with Crippen molar-refractivity contribution in [1.82, 2.24) is 9.97 Å². The molecule has 0 spiro atoms. The first-order valence-corrected chi connectivity index (χ1v) is 6.65. The highest BCUT2D eigenvalue weighted by atomic mass is 35.5. The molecule has 1 atom stereocenters. The highest BCUT2D eigenvalue weighted by Crippen LogP contribution is 2.30. The lowest BCUT2D eigenvalue weighted by atomic mass is 10.1. The van der Waals surface area contributed by atoms with Crippen LogP contribution >= 0.6 is 23.2 Å². The summed E-state index contributed by atoms with van der Waals surface area (Å²) < 4.78 is 37.9. The summed E-state index contributed by atoms with van der Waals surface area (Å²) in [7, 11) is 0. The maximum absolute atomic E-state index is 12.6. The second-order valence-electron chi connectivity index (χ2n) is 4.28. The molecule has 2 rings (SSSR count). The summed E-state index contributed by atoms with van der Waals surface area (Å²) in [5, 5.41) is 3.05. The van der Waals surface area contributed by atoms with E-state index < -0.39 is 12.0 Å². The molecule has 1 aromatic carbocycles. The maximum Gasteiger partial charge on any atom is 0.451 e. The minimum absolute atomic E-state index is 0.0188. The van der Waals surface area contributed by atoms with Crippen LogP contribution in [0.15, 0.2) is 30.3 Å². The normalized spacial score (nSPS) is 13.0. The first-order valence-electron chi connectivity index (χ1n) is 5.90. The minimum atomic E-state index is -4.66. The van der Waals surface area contributed by atoms with Gasteiger partial charge in [0.2, 0.25) is 5.82 Å². The van der Waals surface area contributed by atoms with E-state index in [9.17, 15) is 13.2 Å². The van der Waals surface area contributed by atoms with Crippen LogP contribution in [0.2, 0.25) is 10.2 Å². The van der Waals surface area contributed by atoms with Gasteiger partial charge in [-0.1, -0.05) is 41.4 Å². The third-order valence-corrected chi connectivity index (χ3v) is 3.22. The smallest absolute Gasteiger partial charge is 0.363 e. The Hall–Kier alpha value is -1.53. The molecule has 0 aliphatic rings. The van der Waals surface area contributed by atoms with E-state index in [1.165, 1.54) is 6.07 Å². The number of nitrogens with one attached hydrogen (secondary N) is 1. The van der Waals surface area contributed by atoms with Gasteiger partial charge in [-0.15, -0.1) is 0 Å². The molecule has 112 valence electrons. The summed E-state index contributed by atoms with van der Waals surface area (Å²) in [4.78, 5) is 6.59. The number of aromatic nitrogens is 2. The first-order chi connectivity index (χ1) is 9.77. The van der Waals surface area contributed by atoms with Crippen LogP contribution in [-0.2, 0) is 6.18 Å². The van der Waals surface area contributed by atoms with Crippen LogP contribution < -0.4 is 5.32 Å². The Bertz CT molecular complexity index is 647. The zero-order chi connectivity index (χ0) is 15.6. The maximum atomic E-state index is 12.6. The molecule has 0 aliphatic carbocycles. The van der Waals surface area contributed by atoms with E-state index >= 15 is 0 Å². The number of hydrogen-bond donors (Lipinski definition) is 1. The van der Waals surface area contributed by atoms with Gasteiger partial charge < -0.3 is 5.32 Å². The fourth-order valence-electron chi connectivity index (χ4n) is 1.74. The summed E-state index contributed by atoms with van der Waals surface area (Å²) in [6.07, 6.45) is -4.66. The molecule has 1 unspecified atom stereocenters. The lowest BCUT2D eigenvalue weighted by Crippen LogP contribution is -2.15. The molecule has 0 amide bonds. The van der Waals surface area contributed by atoms with Crippen LogP contribution in [0.3, 0.4) is 0 Å². The Balaban J connectivity index is 2.28. The van der Waals surface area contributed by atoms with Crippen LogP contribution in [0, 0.1) is 0 Å². The third kappa shape index (κ3) is 3.98. The highest BCUT2D eigenvalue weighted by Gasteiger charge is 2.35. The molecule has 21 heavy (non-hydrogen) atoms. The van der Waals surface area contributed by atoms with E-state index in [1.54, 1.807) is 31.2 Å². The fraction of sp³-hybridized carbons (Fsp3) is 0.231. The topological polar surface area (TPSA) is 37.8 Å². The van der Waals surface area contributed by atoms with Crippen molar-refractivity contribution in [3.8, 4) is 0 Å². The molecule has 3 nitrogen and oxygen atoms in total. The van der Waals surface area contributed by atoms with Gasteiger partial charge in [0.25, 0.3) is 0 Å². The summed E-state index contributed by atoms with van der Waals surface area (Å²) in [5.41, 5.74) is 0.738. The molecule has 0 saturated heterocycles.